The highest BCUT2D eigenvalue weighted by atomic mass is 15.1. The Morgan fingerprint density at radius 1 is 0.433 bits per heavy atom. The van der Waals surface area contributed by atoms with Crippen molar-refractivity contribution in [2.45, 2.75) is 142 Å². The second-order valence-corrected chi connectivity index (χ2v) is 9.06. The van der Waals surface area contributed by atoms with E-state index in [9.17, 15) is 0 Å². The van der Waals surface area contributed by atoms with Gasteiger partial charge in [-0.25, -0.2) is 0 Å². The summed E-state index contributed by atoms with van der Waals surface area (Å²) in [4.78, 5) is 2.46. The average Bonchev–Trinajstić information content (AvgIpc) is 2.74. The van der Waals surface area contributed by atoms with Gasteiger partial charge in [-0.15, -0.1) is 0 Å². The molecule has 0 aromatic rings. The molecular weight excluding hydrogens is 362 g/mol. The Morgan fingerprint density at radius 3 is 1.27 bits per heavy atom. The quantitative estimate of drug-likeness (QED) is 0.134. The van der Waals surface area contributed by atoms with Crippen LogP contribution in [0.4, 0.5) is 0 Å². The van der Waals surface area contributed by atoms with Crippen molar-refractivity contribution in [1.29, 1.82) is 0 Å². The Balaban J connectivity index is 3.26. The van der Waals surface area contributed by atoms with Gasteiger partial charge in [0.25, 0.3) is 0 Å². The van der Waals surface area contributed by atoms with Gasteiger partial charge in [0.2, 0.25) is 0 Å². The minimum Gasteiger partial charge on any atom is -0.306 e. The van der Waals surface area contributed by atoms with Crippen LogP contribution in [0.3, 0.4) is 0 Å². The van der Waals surface area contributed by atoms with E-state index in [-0.39, 0.29) is 0 Å². The first kappa shape index (κ1) is 29.1. The van der Waals surface area contributed by atoms with Crippen molar-refractivity contribution in [1.82, 2.24) is 4.90 Å². The number of rotatable bonds is 21. The summed E-state index contributed by atoms with van der Waals surface area (Å²) in [7, 11) is 2.24. The van der Waals surface area contributed by atoms with Crippen LogP contribution in [0.15, 0.2) is 0 Å². The van der Waals surface area contributed by atoms with Gasteiger partial charge in [-0.3, -0.25) is 0 Å². The van der Waals surface area contributed by atoms with Gasteiger partial charge in [-0.1, -0.05) is 116 Å². The number of hydrogen-bond donors (Lipinski definition) is 0. The van der Waals surface area contributed by atoms with Crippen molar-refractivity contribution >= 4 is 0 Å². The van der Waals surface area contributed by atoms with Gasteiger partial charge >= 0.3 is 0 Å². The Morgan fingerprint density at radius 2 is 0.833 bits per heavy atom. The van der Waals surface area contributed by atoms with Gasteiger partial charge in [-0.05, 0) is 57.7 Å². The first-order valence-corrected chi connectivity index (χ1v) is 13.5. The molecule has 0 saturated carbocycles. The van der Waals surface area contributed by atoms with Crippen molar-refractivity contribution in [2.75, 3.05) is 20.1 Å². The average molecular weight is 416 g/mol. The Bertz CT molecular complexity index is 444. The van der Waals surface area contributed by atoms with Crippen LogP contribution in [0.1, 0.15) is 142 Å². The highest BCUT2D eigenvalue weighted by Crippen LogP contribution is 2.11. The van der Waals surface area contributed by atoms with Crippen molar-refractivity contribution in [3.05, 3.63) is 0 Å². The third-order valence-corrected chi connectivity index (χ3v) is 5.84. The zero-order chi connectivity index (χ0) is 22.0. The molecule has 0 aliphatic rings. The molecule has 0 aromatic carbocycles. The van der Waals surface area contributed by atoms with Crippen LogP contribution in [0.2, 0.25) is 0 Å². The maximum absolute atomic E-state index is 3.23. The third kappa shape index (κ3) is 25.1. The Hall–Kier alpha value is -0.920. The monoisotopic (exact) mass is 415 g/mol. The molecule has 0 bridgehead atoms. The predicted molar refractivity (Wildman–Crippen MR) is 137 cm³/mol. The minimum absolute atomic E-state index is 1.02. The van der Waals surface area contributed by atoms with Crippen LogP contribution in [0, 0.1) is 23.7 Å². The molecule has 0 heterocycles. The van der Waals surface area contributed by atoms with Crippen LogP contribution in [0.25, 0.3) is 0 Å². The minimum atomic E-state index is 1.02. The van der Waals surface area contributed by atoms with Crippen molar-refractivity contribution in [2.24, 2.45) is 0 Å². The lowest BCUT2D eigenvalue weighted by molar-refractivity contribution is 0.324. The summed E-state index contributed by atoms with van der Waals surface area (Å²) < 4.78 is 0. The summed E-state index contributed by atoms with van der Waals surface area (Å²) in [5, 5.41) is 0. The van der Waals surface area contributed by atoms with E-state index in [0.717, 1.165) is 12.8 Å². The number of hydrogen-bond acceptors (Lipinski definition) is 1. The first-order chi connectivity index (χ1) is 14.8. The molecule has 0 unspecified atom stereocenters. The van der Waals surface area contributed by atoms with E-state index in [2.05, 4.69) is 49.5 Å². The predicted octanol–water partition coefficient (Wildman–Crippen LogP) is 8.77. The lowest BCUT2D eigenvalue weighted by Crippen LogP contribution is -2.20. The van der Waals surface area contributed by atoms with E-state index < -0.39 is 0 Å². The van der Waals surface area contributed by atoms with Crippen LogP contribution >= 0.6 is 0 Å². The smallest absolute Gasteiger partial charge is 0.00989 e. The fourth-order valence-corrected chi connectivity index (χ4v) is 3.89. The summed E-state index contributed by atoms with van der Waals surface area (Å²) >= 11 is 0. The molecular formula is C29H53N. The number of nitrogens with zero attached hydrogens (tertiary/aromatic N) is 1. The molecule has 0 N–H and O–H groups in total. The second-order valence-electron chi connectivity index (χ2n) is 9.06. The summed E-state index contributed by atoms with van der Waals surface area (Å²) in [5.74, 6) is 12.6. The molecule has 30 heavy (non-hydrogen) atoms. The normalized spacial score (nSPS) is 10.5. The van der Waals surface area contributed by atoms with Gasteiger partial charge < -0.3 is 4.90 Å². The van der Waals surface area contributed by atoms with Crippen LogP contribution < -0.4 is 0 Å². The molecule has 1 nitrogen and oxygen atoms in total. The fourth-order valence-electron chi connectivity index (χ4n) is 3.89. The zero-order valence-electron chi connectivity index (χ0n) is 21.0. The van der Waals surface area contributed by atoms with E-state index in [4.69, 9.17) is 0 Å². The SMILES string of the molecule is CCCCCCCCCCCCC#CC#CCCCCCCCCCN(C)CCC. The molecule has 0 fully saturated rings. The summed E-state index contributed by atoms with van der Waals surface area (Å²) in [6, 6.07) is 0. The van der Waals surface area contributed by atoms with E-state index in [1.54, 1.807) is 0 Å². The van der Waals surface area contributed by atoms with Crippen molar-refractivity contribution < 1.29 is 0 Å². The summed E-state index contributed by atoms with van der Waals surface area (Å²) in [5.41, 5.74) is 0. The molecule has 0 saturated heterocycles. The fraction of sp³-hybridized carbons (Fsp3) is 0.862. The van der Waals surface area contributed by atoms with Gasteiger partial charge in [-0.2, -0.15) is 0 Å². The molecule has 0 aliphatic carbocycles. The Labute approximate surface area is 191 Å². The molecule has 0 atom stereocenters. The van der Waals surface area contributed by atoms with Gasteiger partial charge in [0.1, 0.15) is 0 Å². The first-order valence-electron chi connectivity index (χ1n) is 13.5. The molecule has 0 amide bonds. The largest absolute Gasteiger partial charge is 0.306 e. The third-order valence-electron chi connectivity index (χ3n) is 5.84. The van der Waals surface area contributed by atoms with E-state index in [1.165, 1.54) is 129 Å². The molecule has 0 radical (unpaired) electrons. The maximum Gasteiger partial charge on any atom is 0.00989 e. The zero-order valence-corrected chi connectivity index (χ0v) is 21.0. The molecule has 0 spiro atoms. The van der Waals surface area contributed by atoms with Gasteiger partial charge in [0, 0.05) is 12.8 Å². The van der Waals surface area contributed by atoms with Crippen molar-refractivity contribution in [3.63, 3.8) is 0 Å². The standard InChI is InChI=1S/C29H53N/c1-4-6-7-8-9-10-11-12-13-14-15-16-17-18-19-20-21-22-23-24-25-26-27-29-30(3)28-5-2/h4-15,20-29H2,1-3H3. The molecule has 1 heteroatoms. The lowest BCUT2D eigenvalue weighted by atomic mass is 10.1. The highest BCUT2D eigenvalue weighted by molar-refractivity contribution is 5.25. The molecule has 0 rings (SSSR count). The molecule has 0 aliphatic heterocycles. The second kappa shape index (κ2) is 26.1. The van der Waals surface area contributed by atoms with Gasteiger partial charge in [0.05, 0.1) is 0 Å². The van der Waals surface area contributed by atoms with Crippen molar-refractivity contribution in [3.8, 4) is 23.7 Å². The van der Waals surface area contributed by atoms with E-state index in [1.807, 2.05) is 0 Å². The number of unbranched alkanes of at least 4 members (excludes halogenated alkanes) is 17. The Kier molecular flexibility index (Phi) is 25.3. The van der Waals surface area contributed by atoms with E-state index in [0.29, 0.717) is 0 Å². The lowest BCUT2D eigenvalue weighted by Gasteiger charge is -2.14. The van der Waals surface area contributed by atoms with Crippen LogP contribution in [-0.2, 0) is 0 Å². The van der Waals surface area contributed by atoms with E-state index >= 15 is 0 Å². The van der Waals surface area contributed by atoms with Crippen LogP contribution in [0.5, 0.6) is 0 Å². The maximum atomic E-state index is 3.23. The molecule has 0 aromatic heterocycles. The highest BCUT2D eigenvalue weighted by Gasteiger charge is 1.96. The summed E-state index contributed by atoms with van der Waals surface area (Å²) in [6.45, 7) is 7.05. The van der Waals surface area contributed by atoms with Crippen LogP contribution in [-0.4, -0.2) is 25.0 Å². The molecule has 174 valence electrons. The topological polar surface area (TPSA) is 3.24 Å². The van der Waals surface area contributed by atoms with Gasteiger partial charge in [0.15, 0.2) is 0 Å². The summed E-state index contributed by atoms with van der Waals surface area (Å²) in [6.07, 6.45) is 26.7.